The predicted octanol–water partition coefficient (Wildman–Crippen LogP) is -1.19. The molecule has 0 bridgehead atoms. The molecule has 0 aliphatic heterocycles. The molecular formula is H3AgCuNiSiZn. The molecule has 0 amide bonds. The van der Waals surface area contributed by atoms with Gasteiger partial charge in [-0.3, -0.25) is 0 Å². The van der Waals surface area contributed by atoms with Crippen molar-refractivity contribution in [2.24, 2.45) is 0 Å². The van der Waals surface area contributed by atoms with E-state index in [1.54, 1.807) is 0 Å². The fourth-order valence-corrected chi connectivity index (χ4v) is 0. The van der Waals surface area contributed by atoms with Crippen molar-refractivity contribution in [3.05, 3.63) is 0 Å². The van der Waals surface area contributed by atoms with Crippen LogP contribution >= 0.6 is 0 Å². The second kappa shape index (κ2) is 30.7. The SMILES string of the molecule is [Ag].[Cu].[SiH3][Ni].[Zn]. The summed E-state index contributed by atoms with van der Waals surface area (Å²) in [7, 11) is 0.931. The van der Waals surface area contributed by atoms with Gasteiger partial charge in [-0.15, -0.1) is 0 Å². The Morgan fingerprint density at radius 2 is 1.20 bits per heavy atom. The molecule has 0 N–H and O–H groups in total. The minimum Gasteiger partial charge on any atom is 0 e. The molecule has 0 saturated carbocycles. The van der Waals surface area contributed by atoms with Crippen LogP contribution in [0.4, 0.5) is 0 Å². The third-order valence-electron chi connectivity index (χ3n) is 0. The van der Waals surface area contributed by atoms with E-state index in [9.17, 15) is 0 Å². The quantitative estimate of drug-likeness (QED) is 0.491. The first kappa shape index (κ1) is 25.6. The van der Waals surface area contributed by atoms with E-state index in [-0.39, 0.29) is 58.9 Å². The van der Waals surface area contributed by atoms with Crippen LogP contribution in [-0.2, 0) is 73.8 Å². The second-order valence-electron chi connectivity index (χ2n) is 0. The van der Waals surface area contributed by atoms with Gasteiger partial charge in [0.1, 0.15) is 0 Å². The summed E-state index contributed by atoms with van der Waals surface area (Å²) < 4.78 is 0. The maximum atomic E-state index is 4.01. The molecule has 0 fully saturated rings. The molecule has 0 aromatic rings. The van der Waals surface area contributed by atoms with E-state index < -0.39 is 0 Å². The van der Waals surface area contributed by atoms with E-state index in [2.05, 4.69) is 14.8 Å². The Balaban J connectivity index is -0.00000000167. The normalized spacial score (nSPS) is 2.00. The van der Waals surface area contributed by atoms with Gasteiger partial charge in [-0.25, -0.2) is 0 Å². The van der Waals surface area contributed by atoms with Crippen molar-refractivity contribution in [1.29, 1.82) is 0 Å². The molecular weight excluding hydrogens is 324 g/mol. The molecule has 41 valence electrons. The zero-order valence-electron chi connectivity index (χ0n) is 2.63. The van der Waals surface area contributed by atoms with E-state index in [1.165, 1.54) is 0 Å². The Hall–Kier alpha value is 2.59. The average molecular weight is 327 g/mol. The zero-order valence-corrected chi connectivity index (χ0v) is 11.0. The van der Waals surface area contributed by atoms with Gasteiger partial charge in [0.2, 0.25) is 0 Å². The van der Waals surface area contributed by atoms with Gasteiger partial charge in [-0.1, -0.05) is 0 Å². The summed E-state index contributed by atoms with van der Waals surface area (Å²) in [5.74, 6) is 0. The maximum Gasteiger partial charge on any atom is 0 e. The van der Waals surface area contributed by atoms with Crippen molar-refractivity contribution in [1.82, 2.24) is 0 Å². The van der Waals surface area contributed by atoms with Gasteiger partial charge in [0.25, 0.3) is 0 Å². The Kier molecular flexibility index (Phi) is 157. The Labute approximate surface area is 81.6 Å². The molecule has 0 aromatic heterocycles. The van der Waals surface area contributed by atoms with Crippen molar-refractivity contribution in [2.75, 3.05) is 0 Å². The average Bonchev–Trinajstić information content (AvgIpc) is 1.00. The molecule has 0 saturated heterocycles. The third-order valence-corrected chi connectivity index (χ3v) is 0. The van der Waals surface area contributed by atoms with E-state index in [1.807, 2.05) is 0 Å². The van der Waals surface area contributed by atoms with Crippen LogP contribution in [0.15, 0.2) is 0 Å². The first-order valence-corrected chi connectivity index (χ1v) is 3.91. The Morgan fingerprint density at radius 3 is 1.20 bits per heavy atom. The fraction of sp³-hybridized carbons (Fsp3) is 0. The number of hydrogen-bond acceptors (Lipinski definition) is 0. The van der Waals surface area contributed by atoms with Gasteiger partial charge in [0.15, 0.2) is 0 Å². The number of hydrogen-bond donors (Lipinski definition) is 0. The molecule has 5 heteroatoms. The second-order valence-corrected chi connectivity index (χ2v) is 0. The molecule has 0 aromatic carbocycles. The molecule has 0 spiro atoms. The largest absolute Gasteiger partial charge is 0 e. The molecule has 2 radical (unpaired) electrons. The van der Waals surface area contributed by atoms with Crippen LogP contribution < -0.4 is 0 Å². The summed E-state index contributed by atoms with van der Waals surface area (Å²) in [6, 6.07) is 0. The van der Waals surface area contributed by atoms with Gasteiger partial charge >= 0.3 is 23.8 Å². The first-order valence-electron chi connectivity index (χ1n) is 0.316. The van der Waals surface area contributed by atoms with Crippen molar-refractivity contribution in [2.45, 2.75) is 0 Å². The smallest absolute Gasteiger partial charge is 0 e. The molecule has 0 atom stereocenters. The van der Waals surface area contributed by atoms with Gasteiger partial charge < -0.3 is 0 Å². The van der Waals surface area contributed by atoms with E-state index in [0.717, 1.165) is 8.94 Å². The van der Waals surface area contributed by atoms with Crippen molar-refractivity contribution >= 4 is 8.94 Å². The first-order chi connectivity index (χ1) is 1.00. The van der Waals surface area contributed by atoms with Crippen LogP contribution in [0.1, 0.15) is 0 Å². The maximum absolute atomic E-state index is 4.01. The molecule has 0 unspecified atom stereocenters. The van der Waals surface area contributed by atoms with Crippen LogP contribution in [0.25, 0.3) is 0 Å². The van der Waals surface area contributed by atoms with E-state index in [4.69, 9.17) is 0 Å². The summed E-state index contributed by atoms with van der Waals surface area (Å²) in [5.41, 5.74) is 0. The summed E-state index contributed by atoms with van der Waals surface area (Å²) in [5, 5.41) is 0. The summed E-state index contributed by atoms with van der Waals surface area (Å²) in [4.78, 5) is 0. The van der Waals surface area contributed by atoms with Crippen LogP contribution in [0.3, 0.4) is 0 Å². The minimum absolute atomic E-state index is 0. The van der Waals surface area contributed by atoms with Crippen LogP contribution in [-0.4, -0.2) is 8.94 Å². The third kappa shape index (κ3) is 20.7. The minimum atomic E-state index is 0. The zero-order chi connectivity index (χ0) is 2.00. The van der Waals surface area contributed by atoms with Gasteiger partial charge in [-0.05, 0) is 0 Å². The van der Waals surface area contributed by atoms with Crippen molar-refractivity contribution in [3.63, 3.8) is 0 Å². The van der Waals surface area contributed by atoms with Crippen LogP contribution in [0.5, 0.6) is 0 Å². The number of rotatable bonds is 0. The van der Waals surface area contributed by atoms with Crippen molar-refractivity contribution < 1.29 is 73.8 Å². The molecule has 0 aliphatic rings. The summed E-state index contributed by atoms with van der Waals surface area (Å²) in [6.45, 7) is 0. The fourth-order valence-electron chi connectivity index (χ4n) is 0. The monoisotopic (exact) mass is 323 g/mol. The predicted molar refractivity (Wildman–Crippen MR) is 9.94 cm³/mol. The Bertz CT molecular complexity index is 11.6. The van der Waals surface area contributed by atoms with Gasteiger partial charge in [0, 0.05) is 58.9 Å². The molecule has 0 nitrogen and oxygen atoms in total. The molecule has 0 rings (SSSR count). The summed E-state index contributed by atoms with van der Waals surface area (Å²) >= 11 is 4.01. The standard InChI is InChI=1S/Ag.Cu.Ni.H3Si.Zn/h;;;1H3;. The van der Waals surface area contributed by atoms with Crippen molar-refractivity contribution in [3.8, 4) is 0 Å². The van der Waals surface area contributed by atoms with Crippen LogP contribution in [0, 0.1) is 0 Å². The van der Waals surface area contributed by atoms with Crippen LogP contribution in [0.2, 0.25) is 0 Å². The molecule has 0 heterocycles. The van der Waals surface area contributed by atoms with Gasteiger partial charge in [-0.2, -0.15) is 0 Å². The molecule has 0 aliphatic carbocycles. The Morgan fingerprint density at radius 1 is 1.20 bits per heavy atom. The summed E-state index contributed by atoms with van der Waals surface area (Å²) in [6.07, 6.45) is 0. The van der Waals surface area contributed by atoms with E-state index >= 15 is 0 Å². The van der Waals surface area contributed by atoms with Gasteiger partial charge in [0.05, 0.1) is 0 Å². The van der Waals surface area contributed by atoms with E-state index in [0.29, 0.717) is 0 Å². The molecule has 5 heavy (non-hydrogen) atoms. The topological polar surface area (TPSA) is 0 Å².